The van der Waals surface area contributed by atoms with Gasteiger partial charge in [-0.3, -0.25) is 10.1 Å². The topological polar surface area (TPSA) is 103 Å². The maximum Gasteiger partial charge on any atom is 0.322 e. The summed E-state index contributed by atoms with van der Waals surface area (Å²) >= 11 is 0. The molecule has 4 N–H and O–H groups in total. The lowest BCUT2D eigenvalue weighted by Gasteiger charge is -2.25. The molecule has 102 valence electrons. The molecule has 1 unspecified atom stereocenters. The van der Waals surface area contributed by atoms with Crippen LogP contribution in [-0.4, -0.2) is 32.7 Å². The molecule has 1 aromatic rings. The van der Waals surface area contributed by atoms with E-state index in [1.807, 2.05) is 0 Å². The monoisotopic (exact) mass is 265 g/mol. The van der Waals surface area contributed by atoms with Crippen LogP contribution in [0.25, 0.3) is 0 Å². The van der Waals surface area contributed by atoms with Crippen molar-refractivity contribution in [2.24, 2.45) is 5.73 Å². The molecular formula is C12H15N3O4. The number of rotatable bonds is 4. The minimum Gasteiger partial charge on any atom is -0.493 e. The van der Waals surface area contributed by atoms with E-state index < -0.39 is 17.5 Å². The predicted molar refractivity (Wildman–Crippen MR) is 67.0 cm³/mol. The third kappa shape index (κ3) is 1.97. The number of benzene rings is 1. The van der Waals surface area contributed by atoms with Gasteiger partial charge in [0.2, 0.25) is 0 Å². The largest absolute Gasteiger partial charge is 0.493 e. The first-order chi connectivity index (χ1) is 9.07. The highest BCUT2D eigenvalue weighted by molar-refractivity contribution is 6.07. The Kier molecular flexibility index (Phi) is 3.30. The molecule has 0 saturated carbocycles. The number of urea groups is 1. The van der Waals surface area contributed by atoms with Crippen LogP contribution in [0.15, 0.2) is 18.2 Å². The summed E-state index contributed by atoms with van der Waals surface area (Å²) in [7, 11) is 3.00. The molecule has 0 radical (unpaired) electrons. The third-order valence-electron chi connectivity index (χ3n) is 3.12. The number of imide groups is 1. The van der Waals surface area contributed by atoms with E-state index in [9.17, 15) is 9.59 Å². The number of methoxy groups -OCH3 is 2. The lowest BCUT2D eigenvalue weighted by molar-refractivity contribution is -0.123. The lowest BCUT2D eigenvalue weighted by Crippen LogP contribution is -2.49. The van der Waals surface area contributed by atoms with Crippen molar-refractivity contribution in [1.29, 1.82) is 0 Å². The molecule has 1 aliphatic rings. The Labute approximate surface area is 110 Å². The summed E-state index contributed by atoms with van der Waals surface area (Å²) in [5.74, 6) is 0.511. The highest BCUT2D eigenvalue weighted by Gasteiger charge is 2.47. The summed E-state index contributed by atoms with van der Waals surface area (Å²) in [4.78, 5) is 23.3. The van der Waals surface area contributed by atoms with Crippen molar-refractivity contribution in [3.8, 4) is 11.5 Å². The third-order valence-corrected chi connectivity index (χ3v) is 3.12. The first-order valence-corrected chi connectivity index (χ1v) is 5.63. The minimum absolute atomic E-state index is 0.0555. The second-order valence-corrected chi connectivity index (χ2v) is 4.09. The van der Waals surface area contributed by atoms with Crippen molar-refractivity contribution >= 4 is 11.9 Å². The van der Waals surface area contributed by atoms with E-state index in [2.05, 4.69) is 10.6 Å². The Hall–Kier alpha value is -2.28. The Morgan fingerprint density at radius 3 is 2.37 bits per heavy atom. The van der Waals surface area contributed by atoms with Crippen LogP contribution in [-0.2, 0) is 10.3 Å². The highest BCUT2D eigenvalue weighted by atomic mass is 16.5. The Morgan fingerprint density at radius 2 is 1.89 bits per heavy atom. The summed E-state index contributed by atoms with van der Waals surface area (Å²) < 4.78 is 10.3. The summed E-state index contributed by atoms with van der Waals surface area (Å²) in [5.41, 5.74) is 4.94. The van der Waals surface area contributed by atoms with Gasteiger partial charge in [0, 0.05) is 6.54 Å². The maximum absolute atomic E-state index is 11.9. The Morgan fingerprint density at radius 1 is 1.21 bits per heavy atom. The maximum atomic E-state index is 11.9. The quantitative estimate of drug-likeness (QED) is 0.648. The van der Waals surface area contributed by atoms with Crippen LogP contribution in [0.2, 0.25) is 0 Å². The molecule has 19 heavy (non-hydrogen) atoms. The van der Waals surface area contributed by atoms with Crippen LogP contribution in [0.4, 0.5) is 4.79 Å². The van der Waals surface area contributed by atoms with Crippen LogP contribution >= 0.6 is 0 Å². The summed E-state index contributed by atoms with van der Waals surface area (Å²) in [6.07, 6.45) is 0. The zero-order chi connectivity index (χ0) is 14.0. The van der Waals surface area contributed by atoms with Crippen molar-refractivity contribution in [3.05, 3.63) is 23.8 Å². The lowest BCUT2D eigenvalue weighted by atomic mass is 9.90. The van der Waals surface area contributed by atoms with Crippen LogP contribution in [0.3, 0.4) is 0 Å². The number of amides is 3. The number of nitrogens with two attached hydrogens (primary N) is 1. The number of hydrogen-bond acceptors (Lipinski definition) is 5. The molecular weight excluding hydrogens is 250 g/mol. The zero-order valence-corrected chi connectivity index (χ0v) is 10.6. The number of hydrogen-bond donors (Lipinski definition) is 3. The number of carbonyl (C=O) groups excluding carboxylic acids is 2. The van der Waals surface area contributed by atoms with Gasteiger partial charge in [0.1, 0.15) is 0 Å². The van der Waals surface area contributed by atoms with E-state index in [0.29, 0.717) is 17.1 Å². The van der Waals surface area contributed by atoms with Crippen molar-refractivity contribution in [2.75, 3.05) is 20.8 Å². The van der Waals surface area contributed by atoms with Gasteiger partial charge >= 0.3 is 6.03 Å². The second kappa shape index (κ2) is 4.77. The van der Waals surface area contributed by atoms with Crippen molar-refractivity contribution < 1.29 is 19.1 Å². The summed E-state index contributed by atoms with van der Waals surface area (Å²) in [6, 6.07) is 4.38. The van der Waals surface area contributed by atoms with Gasteiger partial charge in [-0.25, -0.2) is 4.79 Å². The smallest absolute Gasteiger partial charge is 0.322 e. The van der Waals surface area contributed by atoms with Gasteiger partial charge in [0.15, 0.2) is 17.0 Å². The number of ether oxygens (including phenoxy) is 2. The van der Waals surface area contributed by atoms with Gasteiger partial charge < -0.3 is 20.5 Å². The number of nitrogens with one attached hydrogen (secondary N) is 2. The van der Waals surface area contributed by atoms with E-state index in [0.717, 1.165) is 0 Å². The van der Waals surface area contributed by atoms with Gasteiger partial charge in [-0.15, -0.1) is 0 Å². The van der Waals surface area contributed by atoms with Crippen LogP contribution in [0.5, 0.6) is 11.5 Å². The van der Waals surface area contributed by atoms with Crippen LogP contribution in [0.1, 0.15) is 5.56 Å². The SMILES string of the molecule is COc1ccc(C2(CN)NC(=O)NC2=O)cc1OC. The molecule has 0 aromatic heterocycles. The van der Waals surface area contributed by atoms with E-state index in [1.165, 1.54) is 14.2 Å². The first-order valence-electron chi connectivity index (χ1n) is 5.63. The summed E-state index contributed by atoms with van der Waals surface area (Å²) in [6.45, 7) is -0.0555. The Bertz CT molecular complexity index is 532. The fraction of sp³-hybridized carbons (Fsp3) is 0.333. The van der Waals surface area contributed by atoms with Gasteiger partial charge in [0.05, 0.1) is 14.2 Å². The van der Waals surface area contributed by atoms with E-state index in [-0.39, 0.29) is 6.54 Å². The standard InChI is InChI=1S/C12H15N3O4/c1-18-8-4-3-7(5-9(8)19-2)12(6-13)10(16)14-11(17)15-12/h3-5H,6,13H2,1-2H3,(H2,14,15,16,17). The zero-order valence-electron chi connectivity index (χ0n) is 10.6. The Balaban J connectivity index is 2.50. The highest BCUT2D eigenvalue weighted by Crippen LogP contribution is 2.33. The average molecular weight is 265 g/mol. The van der Waals surface area contributed by atoms with Crippen molar-refractivity contribution in [1.82, 2.24) is 10.6 Å². The molecule has 0 spiro atoms. The predicted octanol–water partition coefficient (Wildman–Crippen LogP) is -0.303. The first kappa shape index (κ1) is 13.2. The average Bonchev–Trinajstić information content (AvgIpc) is 2.73. The van der Waals surface area contributed by atoms with Gasteiger partial charge in [-0.1, -0.05) is 6.07 Å². The van der Waals surface area contributed by atoms with Gasteiger partial charge in [-0.05, 0) is 17.7 Å². The summed E-state index contributed by atoms with van der Waals surface area (Å²) in [5, 5.41) is 4.73. The van der Waals surface area contributed by atoms with E-state index in [1.54, 1.807) is 18.2 Å². The molecule has 1 heterocycles. The normalized spacial score (nSPS) is 21.8. The van der Waals surface area contributed by atoms with E-state index in [4.69, 9.17) is 15.2 Å². The molecule has 1 fully saturated rings. The van der Waals surface area contributed by atoms with Crippen LogP contribution in [0, 0.1) is 0 Å². The molecule has 0 aliphatic carbocycles. The molecule has 0 bridgehead atoms. The second-order valence-electron chi connectivity index (χ2n) is 4.09. The van der Waals surface area contributed by atoms with Crippen LogP contribution < -0.4 is 25.8 Å². The fourth-order valence-electron chi connectivity index (χ4n) is 2.06. The van der Waals surface area contributed by atoms with Gasteiger partial charge in [0.25, 0.3) is 5.91 Å². The molecule has 1 saturated heterocycles. The van der Waals surface area contributed by atoms with E-state index >= 15 is 0 Å². The molecule has 7 heteroatoms. The molecule has 7 nitrogen and oxygen atoms in total. The molecule has 1 aliphatic heterocycles. The number of carbonyl (C=O) groups is 2. The van der Waals surface area contributed by atoms with Crippen molar-refractivity contribution in [2.45, 2.75) is 5.54 Å². The van der Waals surface area contributed by atoms with Crippen molar-refractivity contribution in [3.63, 3.8) is 0 Å². The van der Waals surface area contributed by atoms with Gasteiger partial charge in [-0.2, -0.15) is 0 Å². The molecule has 1 atom stereocenters. The fourth-order valence-corrected chi connectivity index (χ4v) is 2.06. The minimum atomic E-state index is -1.27. The molecule has 3 amide bonds. The molecule has 2 rings (SSSR count). The molecule has 1 aromatic carbocycles.